The van der Waals surface area contributed by atoms with Crippen LogP contribution in [-0.4, -0.2) is 18.0 Å². The van der Waals surface area contributed by atoms with Crippen molar-refractivity contribution in [2.45, 2.75) is 19.6 Å². The van der Waals surface area contributed by atoms with Gasteiger partial charge in [0, 0.05) is 12.5 Å². The van der Waals surface area contributed by atoms with Crippen LogP contribution in [0, 0.1) is 0 Å². The van der Waals surface area contributed by atoms with E-state index in [1.165, 1.54) is 6.92 Å². The van der Waals surface area contributed by atoms with Gasteiger partial charge < -0.3 is 9.57 Å². The summed E-state index contributed by atoms with van der Waals surface area (Å²) in [5, 5.41) is 4.81. The van der Waals surface area contributed by atoms with Gasteiger partial charge in [-0.05, 0) is 12.1 Å². The Labute approximate surface area is 108 Å². The molecule has 1 aliphatic heterocycles. The molecule has 0 N–H and O–H groups in total. The Morgan fingerprint density at radius 2 is 2.12 bits per heavy atom. The molecule has 90 valence electrons. The van der Waals surface area contributed by atoms with Gasteiger partial charge in [-0.15, -0.1) is 0 Å². The molecule has 0 spiro atoms. The van der Waals surface area contributed by atoms with E-state index in [-0.39, 0.29) is 0 Å². The molecule has 6 heteroatoms. The van der Waals surface area contributed by atoms with E-state index in [1.54, 1.807) is 18.2 Å². The minimum atomic E-state index is -0.699. The zero-order chi connectivity index (χ0) is 12.4. The highest BCUT2D eigenvalue weighted by Crippen LogP contribution is 2.29. The largest absolute Gasteiger partial charge is 0.423 e. The minimum absolute atomic E-state index is 0.336. The van der Waals surface area contributed by atoms with Crippen LogP contribution in [0.1, 0.15) is 18.9 Å². The van der Waals surface area contributed by atoms with Gasteiger partial charge in [-0.1, -0.05) is 34.4 Å². The molecule has 1 heterocycles. The van der Waals surface area contributed by atoms with Crippen molar-refractivity contribution in [1.82, 2.24) is 0 Å². The number of carbonyl (C=O) groups is 1. The van der Waals surface area contributed by atoms with Crippen LogP contribution in [-0.2, 0) is 14.4 Å². The van der Waals surface area contributed by atoms with Crippen molar-refractivity contribution in [1.29, 1.82) is 0 Å². The van der Waals surface area contributed by atoms with Crippen molar-refractivity contribution < 1.29 is 14.4 Å². The van der Waals surface area contributed by atoms with Crippen LogP contribution in [0.15, 0.2) is 23.4 Å². The molecule has 17 heavy (non-hydrogen) atoms. The molecule has 0 bridgehead atoms. The standard InChI is InChI=1S/C11H9Cl2NO3/c1-6(15)16-10-5-9(14-17-10)11-7(12)3-2-4-8(11)13/h2-4,10H,5H2,1H3. The lowest BCUT2D eigenvalue weighted by molar-refractivity contribution is -0.170. The molecule has 0 aliphatic carbocycles. The molecule has 1 unspecified atom stereocenters. The fourth-order valence-corrected chi connectivity index (χ4v) is 2.14. The van der Waals surface area contributed by atoms with Gasteiger partial charge in [0.05, 0.1) is 22.2 Å². The maximum Gasteiger partial charge on any atom is 0.305 e. The molecule has 1 aliphatic rings. The van der Waals surface area contributed by atoms with Gasteiger partial charge in [0.2, 0.25) is 0 Å². The number of oxime groups is 1. The Kier molecular flexibility index (Phi) is 3.54. The van der Waals surface area contributed by atoms with Crippen LogP contribution >= 0.6 is 23.2 Å². The summed E-state index contributed by atoms with van der Waals surface area (Å²) in [5.41, 5.74) is 1.19. The summed E-state index contributed by atoms with van der Waals surface area (Å²) < 4.78 is 4.88. The summed E-state index contributed by atoms with van der Waals surface area (Å²) in [5.74, 6) is -0.420. The van der Waals surface area contributed by atoms with Crippen LogP contribution in [0.25, 0.3) is 0 Å². The van der Waals surface area contributed by atoms with Crippen molar-refractivity contribution in [2.75, 3.05) is 0 Å². The fourth-order valence-electron chi connectivity index (χ4n) is 1.52. The average Bonchev–Trinajstić information content (AvgIpc) is 2.65. The van der Waals surface area contributed by atoms with E-state index in [9.17, 15) is 4.79 Å². The summed E-state index contributed by atoms with van der Waals surface area (Å²) in [6.07, 6.45) is -0.363. The molecule has 2 rings (SSSR count). The van der Waals surface area contributed by atoms with Crippen molar-refractivity contribution in [3.63, 3.8) is 0 Å². The van der Waals surface area contributed by atoms with Gasteiger partial charge in [-0.25, -0.2) is 0 Å². The summed E-state index contributed by atoms with van der Waals surface area (Å²) >= 11 is 12.1. The predicted molar refractivity (Wildman–Crippen MR) is 64.3 cm³/mol. The average molecular weight is 274 g/mol. The van der Waals surface area contributed by atoms with Crippen LogP contribution in [0.2, 0.25) is 10.0 Å². The third-order valence-corrected chi connectivity index (χ3v) is 2.82. The van der Waals surface area contributed by atoms with E-state index in [0.29, 0.717) is 27.7 Å². The molecule has 1 aromatic carbocycles. The lowest BCUT2D eigenvalue weighted by Gasteiger charge is -2.07. The first-order chi connectivity index (χ1) is 8.08. The number of carbonyl (C=O) groups excluding carboxylic acids is 1. The third-order valence-electron chi connectivity index (χ3n) is 2.19. The van der Waals surface area contributed by atoms with Crippen molar-refractivity contribution in [2.24, 2.45) is 5.16 Å². The Morgan fingerprint density at radius 1 is 1.47 bits per heavy atom. The van der Waals surface area contributed by atoms with E-state index in [2.05, 4.69) is 5.16 Å². The highest BCUT2D eigenvalue weighted by Gasteiger charge is 2.27. The lowest BCUT2D eigenvalue weighted by Crippen LogP contribution is -2.16. The smallest absolute Gasteiger partial charge is 0.305 e. The number of benzene rings is 1. The quantitative estimate of drug-likeness (QED) is 0.779. The van der Waals surface area contributed by atoms with Crippen molar-refractivity contribution >= 4 is 34.9 Å². The maximum absolute atomic E-state index is 10.8. The normalized spacial score (nSPS) is 18.5. The summed E-state index contributed by atoms with van der Waals surface area (Å²) in [6.45, 7) is 1.31. The number of hydrogen-bond donors (Lipinski definition) is 0. The molecule has 0 saturated heterocycles. The number of rotatable bonds is 2. The van der Waals surface area contributed by atoms with Gasteiger partial charge in [0.25, 0.3) is 6.29 Å². The van der Waals surface area contributed by atoms with Gasteiger partial charge in [-0.2, -0.15) is 0 Å². The Hall–Kier alpha value is -1.26. The Bertz CT molecular complexity index is 467. The van der Waals surface area contributed by atoms with E-state index in [4.69, 9.17) is 32.8 Å². The van der Waals surface area contributed by atoms with Crippen LogP contribution in [0.4, 0.5) is 0 Å². The molecule has 1 aromatic rings. The highest BCUT2D eigenvalue weighted by atomic mass is 35.5. The van der Waals surface area contributed by atoms with Crippen LogP contribution < -0.4 is 0 Å². The number of hydrogen-bond acceptors (Lipinski definition) is 4. The first-order valence-electron chi connectivity index (χ1n) is 4.92. The molecular formula is C11H9Cl2NO3. The molecule has 0 radical (unpaired) electrons. The topological polar surface area (TPSA) is 47.9 Å². The molecule has 0 aromatic heterocycles. The molecule has 4 nitrogen and oxygen atoms in total. The second-order valence-corrected chi connectivity index (χ2v) is 4.30. The van der Waals surface area contributed by atoms with Crippen LogP contribution in [0.3, 0.4) is 0 Å². The molecule has 0 fully saturated rings. The zero-order valence-electron chi connectivity index (χ0n) is 8.94. The van der Waals surface area contributed by atoms with E-state index in [1.807, 2.05) is 0 Å². The number of ether oxygens (including phenoxy) is 1. The third kappa shape index (κ3) is 2.70. The highest BCUT2D eigenvalue weighted by molar-refractivity contribution is 6.40. The SMILES string of the molecule is CC(=O)OC1CC(c2c(Cl)cccc2Cl)=NO1. The number of nitrogens with zero attached hydrogens (tertiary/aromatic N) is 1. The van der Waals surface area contributed by atoms with Gasteiger partial charge in [-0.3, -0.25) is 4.79 Å². The molecular weight excluding hydrogens is 265 g/mol. The second-order valence-electron chi connectivity index (χ2n) is 3.48. The lowest BCUT2D eigenvalue weighted by atomic mass is 10.1. The van der Waals surface area contributed by atoms with E-state index < -0.39 is 12.3 Å². The van der Waals surface area contributed by atoms with Gasteiger partial charge in [0.15, 0.2) is 0 Å². The van der Waals surface area contributed by atoms with E-state index >= 15 is 0 Å². The Morgan fingerprint density at radius 3 is 2.71 bits per heavy atom. The second kappa shape index (κ2) is 4.94. The van der Waals surface area contributed by atoms with Crippen molar-refractivity contribution in [3.8, 4) is 0 Å². The Balaban J connectivity index is 2.18. The number of esters is 1. The van der Waals surface area contributed by atoms with Gasteiger partial charge >= 0.3 is 5.97 Å². The summed E-state index contributed by atoms with van der Waals surface area (Å²) in [7, 11) is 0. The van der Waals surface area contributed by atoms with Gasteiger partial charge in [0.1, 0.15) is 0 Å². The summed E-state index contributed by atoms with van der Waals surface area (Å²) in [4.78, 5) is 15.7. The molecule has 1 atom stereocenters. The predicted octanol–water partition coefficient (Wildman–Crippen LogP) is 3.01. The fraction of sp³-hybridized carbons (Fsp3) is 0.273. The molecule has 0 saturated carbocycles. The number of halogens is 2. The minimum Gasteiger partial charge on any atom is -0.423 e. The van der Waals surface area contributed by atoms with E-state index in [0.717, 1.165) is 0 Å². The first-order valence-corrected chi connectivity index (χ1v) is 5.68. The van der Waals surface area contributed by atoms with Crippen molar-refractivity contribution in [3.05, 3.63) is 33.8 Å². The zero-order valence-corrected chi connectivity index (χ0v) is 10.5. The first kappa shape index (κ1) is 12.2. The van der Waals surface area contributed by atoms with Crippen LogP contribution in [0.5, 0.6) is 0 Å². The molecule has 0 amide bonds. The maximum atomic E-state index is 10.8. The summed E-state index contributed by atoms with van der Waals surface area (Å²) in [6, 6.07) is 5.17. The monoisotopic (exact) mass is 273 g/mol.